The Balaban J connectivity index is 2.65. The first-order valence-corrected chi connectivity index (χ1v) is 3.72. The van der Waals surface area contributed by atoms with Crippen molar-refractivity contribution in [3.63, 3.8) is 0 Å². The Labute approximate surface area is 70.7 Å². The standard InChI is InChI=1S/C7H12N2O3/c1-9-6(10)3-5(12-2)4-8-7(9)11/h5H,3-4H2,1-2H3,(H,8,11). The molecule has 1 saturated heterocycles. The van der Waals surface area contributed by atoms with E-state index in [1.807, 2.05) is 0 Å². The first-order chi connectivity index (χ1) is 5.65. The van der Waals surface area contributed by atoms with Gasteiger partial charge >= 0.3 is 6.03 Å². The molecule has 1 aliphatic heterocycles. The highest BCUT2D eigenvalue weighted by atomic mass is 16.5. The molecule has 1 heterocycles. The molecule has 0 aromatic rings. The monoisotopic (exact) mass is 172 g/mol. The van der Waals surface area contributed by atoms with Crippen molar-refractivity contribution in [2.45, 2.75) is 12.5 Å². The van der Waals surface area contributed by atoms with Gasteiger partial charge in [-0.1, -0.05) is 0 Å². The SMILES string of the molecule is COC1CNC(=O)N(C)C(=O)C1. The minimum atomic E-state index is -0.362. The fourth-order valence-electron chi connectivity index (χ4n) is 1.00. The lowest BCUT2D eigenvalue weighted by molar-refractivity contribution is -0.128. The largest absolute Gasteiger partial charge is 0.379 e. The van der Waals surface area contributed by atoms with E-state index in [4.69, 9.17) is 4.74 Å². The van der Waals surface area contributed by atoms with Crippen LogP contribution in [0, 0.1) is 0 Å². The summed E-state index contributed by atoms with van der Waals surface area (Å²) in [7, 11) is 2.98. The molecule has 1 unspecified atom stereocenters. The second-order valence-corrected chi connectivity index (χ2v) is 2.70. The summed E-state index contributed by atoms with van der Waals surface area (Å²) in [6.07, 6.45) is 0.0533. The normalized spacial score (nSPS) is 25.2. The van der Waals surface area contributed by atoms with Gasteiger partial charge in [-0.25, -0.2) is 4.79 Å². The quantitative estimate of drug-likeness (QED) is 0.584. The van der Waals surface area contributed by atoms with E-state index in [1.54, 1.807) is 0 Å². The first kappa shape index (κ1) is 8.99. The third-order valence-electron chi connectivity index (χ3n) is 1.90. The van der Waals surface area contributed by atoms with Gasteiger partial charge in [0.1, 0.15) is 0 Å². The molecule has 0 saturated carbocycles. The molecule has 5 heteroatoms. The molecule has 1 fully saturated rings. The fraction of sp³-hybridized carbons (Fsp3) is 0.714. The molecule has 0 aliphatic carbocycles. The van der Waals surface area contributed by atoms with E-state index in [1.165, 1.54) is 14.2 Å². The maximum absolute atomic E-state index is 11.2. The Morgan fingerprint density at radius 2 is 2.25 bits per heavy atom. The highest BCUT2D eigenvalue weighted by Gasteiger charge is 2.25. The van der Waals surface area contributed by atoms with Gasteiger partial charge in [0.2, 0.25) is 5.91 Å². The van der Waals surface area contributed by atoms with E-state index >= 15 is 0 Å². The number of rotatable bonds is 1. The average molecular weight is 172 g/mol. The maximum atomic E-state index is 11.2. The van der Waals surface area contributed by atoms with Crippen molar-refractivity contribution in [3.05, 3.63) is 0 Å². The van der Waals surface area contributed by atoms with Crippen LogP contribution in [0.1, 0.15) is 6.42 Å². The number of urea groups is 1. The molecule has 3 amide bonds. The molecule has 1 rings (SSSR count). The van der Waals surface area contributed by atoms with Gasteiger partial charge in [0, 0.05) is 20.7 Å². The van der Waals surface area contributed by atoms with E-state index in [-0.39, 0.29) is 24.5 Å². The molecular weight excluding hydrogens is 160 g/mol. The molecule has 68 valence electrons. The lowest BCUT2D eigenvalue weighted by Gasteiger charge is -2.10. The second-order valence-electron chi connectivity index (χ2n) is 2.70. The summed E-state index contributed by atoms with van der Waals surface area (Å²) in [6, 6.07) is -0.362. The van der Waals surface area contributed by atoms with Gasteiger partial charge in [-0.05, 0) is 0 Å². The van der Waals surface area contributed by atoms with Crippen molar-refractivity contribution in [2.24, 2.45) is 0 Å². The van der Waals surface area contributed by atoms with E-state index in [9.17, 15) is 9.59 Å². The maximum Gasteiger partial charge on any atom is 0.323 e. The third kappa shape index (κ3) is 1.73. The van der Waals surface area contributed by atoms with Gasteiger partial charge in [-0.15, -0.1) is 0 Å². The smallest absolute Gasteiger partial charge is 0.323 e. The van der Waals surface area contributed by atoms with Crippen molar-refractivity contribution >= 4 is 11.9 Å². The van der Waals surface area contributed by atoms with Crippen LogP contribution >= 0.6 is 0 Å². The van der Waals surface area contributed by atoms with Crippen LogP contribution in [-0.2, 0) is 9.53 Å². The minimum absolute atomic E-state index is 0.202. The number of nitrogens with one attached hydrogen (secondary N) is 1. The Kier molecular flexibility index (Phi) is 2.65. The number of amides is 3. The van der Waals surface area contributed by atoms with Crippen molar-refractivity contribution in [2.75, 3.05) is 20.7 Å². The van der Waals surface area contributed by atoms with Crippen molar-refractivity contribution in [3.8, 4) is 0 Å². The van der Waals surface area contributed by atoms with Crippen LogP contribution in [-0.4, -0.2) is 43.6 Å². The minimum Gasteiger partial charge on any atom is -0.379 e. The zero-order valence-corrected chi connectivity index (χ0v) is 7.16. The molecule has 1 aliphatic rings. The van der Waals surface area contributed by atoms with E-state index in [2.05, 4.69) is 5.32 Å². The third-order valence-corrected chi connectivity index (χ3v) is 1.90. The Bertz CT molecular complexity index is 205. The number of ether oxygens (including phenoxy) is 1. The Hall–Kier alpha value is -1.10. The highest BCUT2D eigenvalue weighted by Crippen LogP contribution is 2.04. The molecule has 0 bridgehead atoms. The zero-order chi connectivity index (χ0) is 9.14. The molecule has 1 atom stereocenters. The van der Waals surface area contributed by atoms with Crippen LogP contribution < -0.4 is 5.32 Å². The van der Waals surface area contributed by atoms with Crippen LogP contribution in [0.4, 0.5) is 4.79 Å². The van der Waals surface area contributed by atoms with Crippen LogP contribution in [0.3, 0.4) is 0 Å². The number of hydrogen-bond donors (Lipinski definition) is 1. The number of carbonyl (C=O) groups is 2. The van der Waals surface area contributed by atoms with Gasteiger partial charge in [-0.2, -0.15) is 0 Å². The molecule has 0 aromatic carbocycles. The van der Waals surface area contributed by atoms with E-state index in [0.717, 1.165) is 4.90 Å². The molecule has 5 nitrogen and oxygen atoms in total. The molecular formula is C7H12N2O3. The molecule has 0 aromatic heterocycles. The predicted molar refractivity (Wildman–Crippen MR) is 41.6 cm³/mol. The average Bonchev–Trinajstić information content (AvgIpc) is 2.19. The summed E-state index contributed by atoms with van der Waals surface area (Å²) in [6.45, 7) is 0.394. The number of hydrogen-bond acceptors (Lipinski definition) is 3. The summed E-state index contributed by atoms with van der Waals surface area (Å²) >= 11 is 0. The zero-order valence-electron chi connectivity index (χ0n) is 7.16. The van der Waals surface area contributed by atoms with Gasteiger partial charge < -0.3 is 10.1 Å². The van der Waals surface area contributed by atoms with Gasteiger partial charge in [0.25, 0.3) is 0 Å². The number of methoxy groups -OCH3 is 1. The number of carbonyl (C=O) groups excluding carboxylic acids is 2. The highest BCUT2D eigenvalue weighted by molar-refractivity contribution is 5.95. The van der Waals surface area contributed by atoms with Gasteiger partial charge in [-0.3, -0.25) is 9.69 Å². The summed E-state index contributed by atoms with van der Waals surface area (Å²) in [5, 5.41) is 2.57. The van der Waals surface area contributed by atoms with E-state index < -0.39 is 0 Å². The van der Waals surface area contributed by atoms with Gasteiger partial charge in [0.15, 0.2) is 0 Å². The fourth-order valence-corrected chi connectivity index (χ4v) is 1.00. The van der Waals surface area contributed by atoms with Crippen molar-refractivity contribution < 1.29 is 14.3 Å². The Morgan fingerprint density at radius 3 is 2.83 bits per heavy atom. The predicted octanol–water partition coefficient (Wildman–Crippen LogP) is -0.427. The molecule has 1 N–H and O–H groups in total. The topological polar surface area (TPSA) is 58.6 Å². The van der Waals surface area contributed by atoms with Crippen molar-refractivity contribution in [1.82, 2.24) is 10.2 Å². The summed E-state index contributed by atoms with van der Waals surface area (Å²) in [5.74, 6) is -0.211. The summed E-state index contributed by atoms with van der Waals surface area (Å²) in [5.41, 5.74) is 0. The van der Waals surface area contributed by atoms with Gasteiger partial charge in [0.05, 0.1) is 12.5 Å². The first-order valence-electron chi connectivity index (χ1n) is 3.72. The second kappa shape index (κ2) is 3.53. The Morgan fingerprint density at radius 1 is 1.58 bits per heavy atom. The van der Waals surface area contributed by atoms with Crippen LogP contribution in [0.2, 0.25) is 0 Å². The van der Waals surface area contributed by atoms with Crippen LogP contribution in [0.15, 0.2) is 0 Å². The molecule has 12 heavy (non-hydrogen) atoms. The lowest BCUT2D eigenvalue weighted by Crippen LogP contribution is -2.38. The summed E-state index contributed by atoms with van der Waals surface area (Å²) in [4.78, 5) is 23.3. The van der Waals surface area contributed by atoms with Crippen LogP contribution in [0.5, 0.6) is 0 Å². The number of imide groups is 1. The lowest BCUT2D eigenvalue weighted by atomic mass is 10.2. The van der Waals surface area contributed by atoms with Crippen LogP contribution in [0.25, 0.3) is 0 Å². The van der Waals surface area contributed by atoms with E-state index in [0.29, 0.717) is 6.54 Å². The molecule has 0 radical (unpaired) electrons. The van der Waals surface area contributed by atoms with Crippen molar-refractivity contribution in [1.29, 1.82) is 0 Å². The molecule has 0 spiro atoms. The number of nitrogens with zero attached hydrogens (tertiary/aromatic N) is 1. The summed E-state index contributed by atoms with van der Waals surface area (Å²) < 4.78 is 4.98.